The Hall–Kier alpha value is -9.12. The van der Waals surface area contributed by atoms with Crippen LogP contribution in [0, 0.1) is 11.3 Å². The standard InChI is InChI=1S/C58H34N6O/c59-35-40-32-47(58-61-56(37-19-7-2-8-20-37)60-57(62-58)38-21-9-3-10-22-38)55-53(43-26-14-16-28-52(43)65-55)54(40)64-49-30-29-39(36-17-5-1-6-18-36)31-44(49)46-33-45-42-25-13-15-27-48(42)63(50(45)34-51(46)64)41-23-11-4-12-24-41/h1-34H. The number of nitriles is 1. The van der Waals surface area contributed by atoms with Crippen molar-refractivity contribution in [3.63, 3.8) is 0 Å². The lowest BCUT2D eigenvalue weighted by molar-refractivity contribution is 0.669. The van der Waals surface area contributed by atoms with Crippen LogP contribution in [-0.4, -0.2) is 24.1 Å². The van der Waals surface area contributed by atoms with E-state index in [1.807, 2.05) is 97.1 Å². The number of para-hydroxylation sites is 3. The minimum atomic E-state index is 0.411. The number of benzene rings is 9. The molecule has 0 aliphatic carbocycles. The van der Waals surface area contributed by atoms with Crippen molar-refractivity contribution in [1.82, 2.24) is 24.1 Å². The van der Waals surface area contributed by atoms with Crippen LogP contribution in [0.4, 0.5) is 0 Å². The Morgan fingerprint density at radius 3 is 1.63 bits per heavy atom. The van der Waals surface area contributed by atoms with Crippen molar-refractivity contribution in [3.8, 4) is 62.7 Å². The number of hydrogen-bond acceptors (Lipinski definition) is 5. The molecule has 0 amide bonds. The van der Waals surface area contributed by atoms with E-state index in [9.17, 15) is 5.26 Å². The molecule has 13 aromatic rings. The summed E-state index contributed by atoms with van der Waals surface area (Å²) in [4.78, 5) is 15.2. The lowest BCUT2D eigenvalue weighted by atomic mass is 10.0. The van der Waals surface area contributed by atoms with Gasteiger partial charge in [0.05, 0.1) is 44.3 Å². The first kappa shape index (κ1) is 36.5. The number of furan rings is 1. The minimum absolute atomic E-state index is 0.411. The maximum absolute atomic E-state index is 11.5. The van der Waals surface area contributed by atoms with Crippen molar-refractivity contribution in [2.45, 2.75) is 0 Å². The molecule has 0 aliphatic rings. The monoisotopic (exact) mass is 830 g/mol. The zero-order valence-electron chi connectivity index (χ0n) is 34.7. The molecule has 65 heavy (non-hydrogen) atoms. The largest absolute Gasteiger partial charge is 0.455 e. The third kappa shape index (κ3) is 5.71. The van der Waals surface area contributed by atoms with Crippen LogP contribution in [0.25, 0.3) is 122 Å². The van der Waals surface area contributed by atoms with Crippen LogP contribution in [0.2, 0.25) is 0 Å². The van der Waals surface area contributed by atoms with Crippen LogP contribution in [0.3, 0.4) is 0 Å². The second-order valence-corrected chi connectivity index (χ2v) is 16.3. The molecule has 0 atom stereocenters. The molecule has 13 rings (SSSR count). The highest BCUT2D eigenvalue weighted by Crippen LogP contribution is 2.46. The maximum atomic E-state index is 11.5. The summed E-state index contributed by atoms with van der Waals surface area (Å²) in [6.45, 7) is 0. The van der Waals surface area contributed by atoms with Crippen molar-refractivity contribution in [1.29, 1.82) is 5.26 Å². The van der Waals surface area contributed by atoms with Crippen LogP contribution >= 0.6 is 0 Å². The summed E-state index contributed by atoms with van der Waals surface area (Å²) < 4.78 is 11.5. The molecule has 0 spiro atoms. The summed E-state index contributed by atoms with van der Waals surface area (Å²) in [5.41, 5.74) is 12.2. The second-order valence-electron chi connectivity index (χ2n) is 16.3. The van der Waals surface area contributed by atoms with Crippen LogP contribution in [0.1, 0.15) is 5.56 Å². The molecule has 4 aromatic heterocycles. The van der Waals surface area contributed by atoms with Crippen molar-refractivity contribution in [2.24, 2.45) is 0 Å². The van der Waals surface area contributed by atoms with Crippen molar-refractivity contribution < 1.29 is 4.42 Å². The van der Waals surface area contributed by atoms with E-state index in [0.717, 1.165) is 82.6 Å². The SMILES string of the molecule is N#Cc1cc(-c2nc(-c3ccccc3)nc(-c3ccccc3)n2)c2oc3ccccc3c2c1-n1c2ccc(-c3ccccc3)cc2c2cc3c4ccccc4n(-c4ccccc4)c3cc21. The van der Waals surface area contributed by atoms with Gasteiger partial charge < -0.3 is 13.6 Å². The van der Waals surface area contributed by atoms with Gasteiger partial charge in [0.25, 0.3) is 0 Å². The molecule has 0 aliphatic heterocycles. The molecular weight excluding hydrogens is 797 g/mol. The highest BCUT2D eigenvalue weighted by molar-refractivity contribution is 6.22. The first-order chi connectivity index (χ1) is 32.2. The topological polar surface area (TPSA) is 85.5 Å². The molecule has 0 unspecified atom stereocenters. The van der Waals surface area contributed by atoms with E-state index >= 15 is 0 Å². The van der Waals surface area contributed by atoms with Crippen molar-refractivity contribution in [3.05, 3.63) is 212 Å². The van der Waals surface area contributed by atoms with Crippen LogP contribution in [0.15, 0.2) is 211 Å². The van der Waals surface area contributed by atoms with E-state index in [1.54, 1.807) is 0 Å². The summed E-state index contributed by atoms with van der Waals surface area (Å²) in [5, 5.41) is 17.6. The fourth-order valence-corrected chi connectivity index (χ4v) is 9.68. The van der Waals surface area contributed by atoms with Gasteiger partial charge in [0.2, 0.25) is 0 Å². The first-order valence-corrected chi connectivity index (χ1v) is 21.6. The van der Waals surface area contributed by atoms with Gasteiger partial charge in [0.15, 0.2) is 17.5 Å². The number of hydrogen-bond donors (Lipinski definition) is 0. The summed E-state index contributed by atoms with van der Waals surface area (Å²) in [6.07, 6.45) is 0. The number of aromatic nitrogens is 5. The molecular formula is C58H34N6O. The quantitative estimate of drug-likeness (QED) is 0.167. The van der Waals surface area contributed by atoms with E-state index < -0.39 is 0 Å². The van der Waals surface area contributed by atoms with Gasteiger partial charge in [0.1, 0.15) is 17.2 Å². The molecule has 0 fully saturated rings. The second kappa shape index (κ2) is 14.5. The van der Waals surface area contributed by atoms with Gasteiger partial charge in [-0.25, -0.2) is 15.0 Å². The Balaban J connectivity index is 1.17. The lowest BCUT2D eigenvalue weighted by Gasteiger charge is -2.15. The number of nitrogens with zero attached hydrogens (tertiary/aromatic N) is 6. The Morgan fingerprint density at radius 1 is 0.400 bits per heavy atom. The molecule has 0 N–H and O–H groups in total. The molecule has 302 valence electrons. The molecule has 7 heteroatoms. The van der Waals surface area contributed by atoms with Crippen molar-refractivity contribution in [2.75, 3.05) is 0 Å². The smallest absolute Gasteiger partial charge is 0.167 e. The molecule has 4 heterocycles. The summed E-state index contributed by atoms with van der Waals surface area (Å²) in [5.74, 6) is 1.46. The van der Waals surface area contributed by atoms with E-state index in [-0.39, 0.29) is 0 Å². The van der Waals surface area contributed by atoms with E-state index in [2.05, 4.69) is 124 Å². The molecule has 7 nitrogen and oxygen atoms in total. The molecule has 0 radical (unpaired) electrons. The predicted octanol–water partition coefficient (Wildman–Crippen LogP) is 14.5. The van der Waals surface area contributed by atoms with E-state index in [4.69, 9.17) is 19.4 Å². The van der Waals surface area contributed by atoms with Gasteiger partial charge in [-0.05, 0) is 65.7 Å². The average molecular weight is 831 g/mol. The van der Waals surface area contributed by atoms with Gasteiger partial charge in [-0.15, -0.1) is 0 Å². The highest BCUT2D eigenvalue weighted by atomic mass is 16.3. The van der Waals surface area contributed by atoms with Crippen LogP contribution < -0.4 is 0 Å². The van der Waals surface area contributed by atoms with E-state index in [0.29, 0.717) is 39.8 Å². The summed E-state index contributed by atoms with van der Waals surface area (Å²) in [7, 11) is 0. The third-order valence-electron chi connectivity index (χ3n) is 12.6. The summed E-state index contributed by atoms with van der Waals surface area (Å²) in [6, 6.07) is 73.3. The Labute approximate surface area is 372 Å². The predicted molar refractivity (Wildman–Crippen MR) is 262 cm³/mol. The number of rotatable bonds is 6. The Bertz CT molecular complexity index is 3990. The van der Waals surface area contributed by atoms with Gasteiger partial charge in [-0.2, -0.15) is 5.26 Å². The lowest BCUT2D eigenvalue weighted by Crippen LogP contribution is -2.03. The third-order valence-corrected chi connectivity index (χ3v) is 12.6. The molecule has 0 saturated heterocycles. The van der Waals surface area contributed by atoms with Gasteiger partial charge in [-0.3, -0.25) is 0 Å². The van der Waals surface area contributed by atoms with Gasteiger partial charge in [-0.1, -0.05) is 152 Å². The van der Waals surface area contributed by atoms with Gasteiger partial charge >= 0.3 is 0 Å². The maximum Gasteiger partial charge on any atom is 0.167 e. The average Bonchev–Trinajstić information content (AvgIpc) is 4.03. The Morgan fingerprint density at radius 2 is 0.938 bits per heavy atom. The normalized spacial score (nSPS) is 11.7. The van der Waals surface area contributed by atoms with Crippen LogP contribution in [-0.2, 0) is 0 Å². The molecule has 9 aromatic carbocycles. The van der Waals surface area contributed by atoms with Crippen LogP contribution in [0.5, 0.6) is 0 Å². The fraction of sp³-hybridized carbons (Fsp3) is 0. The molecule has 0 saturated carbocycles. The fourth-order valence-electron chi connectivity index (χ4n) is 9.68. The Kier molecular flexibility index (Phi) is 8.14. The van der Waals surface area contributed by atoms with E-state index in [1.165, 1.54) is 5.39 Å². The van der Waals surface area contributed by atoms with Gasteiger partial charge in [0, 0.05) is 43.7 Å². The minimum Gasteiger partial charge on any atom is -0.455 e. The summed E-state index contributed by atoms with van der Waals surface area (Å²) >= 11 is 0. The molecule has 0 bridgehead atoms. The van der Waals surface area contributed by atoms with Crippen molar-refractivity contribution >= 4 is 65.6 Å². The zero-order valence-corrected chi connectivity index (χ0v) is 34.7. The first-order valence-electron chi connectivity index (χ1n) is 21.6. The zero-order chi connectivity index (χ0) is 43.0. The highest BCUT2D eigenvalue weighted by Gasteiger charge is 2.27. The number of fused-ring (bicyclic) bond motifs is 9.